The van der Waals surface area contributed by atoms with Crippen molar-refractivity contribution < 1.29 is 14.6 Å². The van der Waals surface area contributed by atoms with Gasteiger partial charge in [0.2, 0.25) is 0 Å². The van der Waals surface area contributed by atoms with E-state index in [2.05, 4.69) is 5.32 Å². The van der Waals surface area contributed by atoms with Crippen LogP contribution in [0.2, 0.25) is 5.02 Å². The molecule has 0 aromatic heterocycles. The summed E-state index contributed by atoms with van der Waals surface area (Å²) in [4.78, 5) is 10.9. The van der Waals surface area contributed by atoms with E-state index in [0.717, 1.165) is 5.56 Å². The molecule has 17 heavy (non-hydrogen) atoms. The van der Waals surface area contributed by atoms with Crippen LogP contribution < -0.4 is 10.1 Å². The second kappa shape index (κ2) is 5.16. The quantitative estimate of drug-likeness (QED) is 0.884. The lowest BCUT2D eigenvalue weighted by Gasteiger charge is -2.14. The number of thioether (sulfide) groups is 1. The first-order valence-corrected chi connectivity index (χ1v) is 6.39. The molecule has 0 spiro atoms. The van der Waals surface area contributed by atoms with E-state index < -0.39 is 11.2 Å². The molecule has 0 amide bonds. The summed E-state index contributed by atoms with van der Waals surface area (Å²) in [6, 6.07) is 5.33. The van der Waals surface area contributed by atoms with Gasteiger partial charge in [0.25, 0.3) is 0 Å². The highest BCUT2D eigenvalue weighted by molar-refractivity contribution is 8.01. The van der Waals surface area contributed by atoms with Crippen LogP contribution in [0.5, 0.6) is 5.75 Å². The third-order valence-corrected chi connectivity index (χ3v) is 4.16. The van der Waals surface area contributed by atoms with Gasteiger partial charge < -0.3 is 9.84 Å². The molecular formula is C11H12ClNO3S. The van der Waals surface area contributed by atoms with Crippen LogP contribution in [-0.4, -0.2) is 30.0 Å². The lowest BCUT2D eigenvalue weighted by Crippen LogP contribution is -2.21. The van der Waals surface area contributed by atoms with Gasteiger partial charge in [-0.3, -0.25) is 10.1 Å². The molecule has 2 atom stereocenters. The van der Waals surface area contributed by atoms with Gasteiger partial charge in [-0.25, -0.2) is 0 Å². The van der Waals surface area contributed by atoms with Gasteiger partial charge in [-0.05, 0) is 18.2 Å². The van der Waals surface area contributed by atoms with E-state index in [-0.39, 0.29) is 5.37 Å². The number of methoxy groups -OCH3 is 1. The van der Waals surface area contributed by atoms with E-state index in [0.29, 0.717) is 17.3 Å². The Kier molecular flexibility index (Phi) is 3.81. The molecule has 0 saturated carbocycles. The lowest BCUT2D eigenvalue weighted by atomic mass is 10.2. The fourth-order valence-corrected chi connectivity index (χ4v) is 3.05. The summed E-state index contributed by atoms with van der Waals surface area (Å²) >= 11 is 7.30. The maximum atomic E-state index is 10.9. The van der Waals surface area contributed by atoms with Crippen molar-refractivity contribution in [1.29, 1.82) is 0 Å². The SMILES string of the molecule is COc1ccc(Cl)cc1[C@H]1NC[C@@H](C(=O)O)S1. The minimum atomic E-state index is -0.800. The largest absolute Gasteiger partial charge is 0.496 e. The molecule has 4 nitrogen and oxygen atoms in total. The van der Waals surface area contributed by atoms with Crippen LogP contribution in [0.15, 0.2) is 18.2 Å². The first kappa shape index (κ1) is 12.5. The summed E-state index contributed by atoms with van der Waals surface area (Å²) in [5.74, 6) is -0.0866. The summed E-state index contributed by atoms with van der Waals surface area (Å²) < 4.78 is 5.25. The predicted octanol–water partition coefficient (Wildman–Crippen LogP) is 2.14. The second-order valence-corrected chi connectivity index (χ2v) is 5.39. The van der Waals surface area contributed by atoms with E-state index in [1.165, 1.54) is 11.8 Å². The third kappa shape index (κ3) is 2.68. The van der Waals surface area contributed by atoms with Crippen molar-refractivity contribution in [2.45, 2.75) is 10.6 Å². The molecule has 1 fully saturated rings. The van der Waals surface area contributed by atoms with E-state index in [1.54, 1.807) is 25.3 Å². The van der Waals surface area contributed by atoms with Crippen LogP contribution in [0.1, 0.15) is 10.9 Å². The van der Waals surface area contributed by atoms with Gasteiger partial charge in [0.1, 0.15) is 11.0 Å². The number of rotatable bonds is 3. The number of hydrogen-bond acceptors (Lipinski definition) is 4. The zero-order valence-electron chi connectivity index (χ0n) is 9.14. The topological polar surface area (TPSA) is 58.6 Å². The Morgan fingerprint density at radius 1 is 1.65 bits per heavy atom. The van der Waals surface area contributed by atoms with Gasteiger partial charge >= 0.3 is 5.97 Å². The van der Waals surface area contributed by atoms with Crippen molar-refractivity contribution in [3.05, 3.63) is 28.8 Å². The van der Waals surface area contributed by atoms with E-state index in [4.69, 9.17) is 21.4 Å². The average molecular weight is 274 g/mol. The molecular weight excluding hydrogens is 262 g/mol. The number of carbonyl (C=O) groups is 1. The number of aliphatic carboxylic acids is 1. The monoisotopic (exact) mass is 273 g/mol. The van der Waals surface area contributed by atoms with E-state index in [9.17, 15) is 4.79 Å². The number of hydrogen-bond donors (Lipinski definition) is 2. The van der Waals surface area contributed by atoms with Gasteiger partial charge in [0.05, 0.1) is 12.5 Å². The summed E-state index contributed by atoms with van der Waals surface area (Å²) in [5, 5.41) is 12.2. The molecule has 6 heteroatoms. The van der Waals surface area contributed by atoms with Crippen molar-refractivity contribution in [2.75, 3.05) is 13.7 Å². The van der Waals surface area contributed by atoms with E-state index >= 15 is 0 Å². The molecule has 1 heterocycles. The maximum absolute atomic E-state index is 10.9. The number of benzene rings is 1. The third-order valence-electron chi connectivity index (χ3n) is 2.54. The Morgan fingerprint density at radius 2 is 2.41 bits per heavy atom. The molecule has 1 saturated heterocycles. The van der Waals surface area contributed by atoms with Crippen molar-refractivity contribution in [2.24, 2.45) is 0 Å². The molecule has 1 aromatic rings. The van der Waals surface area contributed by atoms with Gasteiger partial charge in [-0.2, -0.15) is 0 Å². The number of nitrogens with one attached hydrogen (secondary N) is 1. The maximum Gasteiger partial charge on any atom is 0.318 e. The normalized spacial score (nSPS) is 23.6. The van der Waals surface area contributed by atoms with Crippen LogP contribution >= 0.6 is 23.4 Å². The minimum Gasteiger partial charge on any atom is -0.496 e. The average Bonchev–Trinajstić information content (AvgIpc) is 2.78. The number of halogens is 1. The first-order valence-electron chi connectivity index (χ1n) is 5.07. The van der Waals surface area contributed by atoms with Gasteiger partial charge in [-0.15, -0.1) is 11.8 Å². The smallest absolute Gasteiger partial charge is 0.318 e. The van der Waals surface area contributed by atoms with Crippen LogP contribution in [0.4, 0.5) is 0 Å². The standard InChI is InChI=1S/C11H12ClNO3S/c1-16-8-3-2-6(12)4-7(8)10-13-5-9(17-10)11(14)15/h2-4,9-10,13H,5H2,1H3,(H,14,15)/t9-,10-/m0/s1. The van der Waals surface area contributed by atoms with Crippen LogP contribution in [0.3, 0.4) is 0 Å². The van der Waals surface area contributed by atoms with Crippen molar-refractivity contribution in [1.82, 2.24) is 5.32 Å². The minimum absolute atomic E-state index is 0.0928. The number of carboxylic acids is 1. The molecule has 2 rings (SSSR count). The Morgan fingerprint density at radius 3 is 3.00 bits per heavy atom. The second-order valence-electron chi connectivity index (χ2n) is 3.64. The zero-order chi connectivity index (χ0) is 12.4. The van der Waals surface area contributed by atoms with Gasteiger partial charge in [-0.1, -0.05) is 11.6 Å². The molecule has 0 aliphatic carbocycles. The number of ether oxygens (including phenoxy) is 1. The Labute approximate surface area is 108 Å². The Balaban J connectivity index is 2.23. The van der Waals surface area contributed by atoms with Gasteiger partial charge in [0, 0.05) is 17.1 Å². The van der Waals surface area contributed by atoms with Crippen LogP contribution in [0.25, 0.3) is 0 Å². The summed E-state index contributed by atoms with van der Waals surface area (Å²) in [6.45, 7) is 0.445. The van der Waals surface area contributed by atoms with Crippen molar-refractivity contribution >= 4 is 29.3 Å². The highest BCUT2D eigenvalue weighted by Crippen LogP contribution is 2.40. The van der Waals surface area contributed by atoms with Crippen LogP contribution in [0, 0.1) is 0 Å². The molecule has 0 radical (unpaired) electrons. The van der Waals surface area contributed by atoms with Gasteiger partial charge in [0.15, 0.2) is 0 Å². The molecule has 1 aliphatic rings. The molecule has 0 bridgehead atoms. The summed E-state index contributed by atoms with van der Waals surface area (Å²) in [5.41, 5.74) is 0.883. The molecule has 92 valence electrons. The highest BCUT2D eigenvalue weighted by atomic mass is 35.5. The highest BCUT2D eigenvalue weighted by Gasteiger charge is 2.32. The number of carboxylic acid groups (broad SMARTS) is 1. The summed E-state index contributed by atoms with van der Waals surface area (Å²) in [6.07, 6.45) is 0. The predicted molar refractivity (Wildman–Crippen MR) is 67.8 cm³/mol. The molecule has 1 aliphatic heterocycles. The Hall–Kier alpha value is -0.910. The fraction of sp³-hybridized carbons (Fsp3) is 0.364. The Bertz CT molecular complexity index is 441. The zero-order valence-corrected chi connectivity index (χ0v) is 10.7. The first-order chi connectivity index (χ1) is 8.11. The summed E-state index contributed by atoms with van der Waals surface area (Å²) in [7, 11) is 1.58. The molecule has 2 N–H and O–H groups in total. The van der Waals surface area contributed by atoms with Crippen molar-refractivity contribution in [3.8, 4) is 5.75 Å². The molecule has 1 aromatic carbocycles. The molecule has 0 unspecified atom stereocenters. The fourth-order valence-electron chi connectivity index (χ4n) is 1.71. The van der Waals surface area contributed by atoms with E-state index in [1.807, 2.05) is 0 Å². The van der Waals surface area contributed by atoms with Crippen molar-refractivity contribution in [3.63, 3.8) is 0 Å². The van der Waals surface area contributed by atoms with Crippen LogP contribution in [-0.2, 0) is 4.79 Å². The lowest BCUT2D eigenvalue weighted by molar-refractivity contribution is -0.136.